The molecule has 1 fully saturated rings. The van der Waals surface area contributed by atoms with E-state index in [4.69, 9.17) is 10.00 Å². The maximum Gasteiger partial charge on any atom is 0.249 e. The topological polar surface area (TPSA) is 62.1 Å². The molecule has 0 bridgehead atoms. The lowest BCUT2D eigenvalue weighted by molar-refractivity contribution is -0.131. The Morgan fingerprint density at radius 2 is 2.17 bits per heavy atom. The number of rotatable bonds is 3. The van der Waals surface area contributed by atoms with Crippen LogP contribution in [0.2, 0.25) is 0 Å². The van der Waals surface area contributed by atoms with E-state index in [1.54, 1.807) is 12.1 Å². The summed E-state index contributed by atoms with van der Waals surface area (Å²) in [4.78, 5) is 11.8. The van der Waals surface area contributed by atoms with Crippen LogP contribution in [0.1, 0.15) is 30.9 Å². The second-order valence-electron chi connectivity index (χ2n) is 4.54. The Balaban J connectivity index is 1.84. The van der Waals surface area contributed by atoms with Crippen LogP contribution in [0.4, 0.5) is 0 Å². The lowest BCUT2D eigenvalue weighted by atomic mass is 10.1. The summed E-state index contributed by atoms with van der Waals surface area (Å²) < 4.78 is 5.49. The Hall–Kier alpha value is -1.86. The zero-order chi connectivity index (χ0) is 13.0. The van der Waals surface area contributed by atoms with Crippen molar-refractivity contribution in [2.24, 2.45) is 0 Å². The minimum atomic E-state index is -0.307. The number of carbonyl (C=O) groups is 1. The average molecular weight is 244 g/mol. The van der Waals surface area contributed by atoms with E-state index in [0.717, 1.165) is 18.4 Å². The molecule has 1 aliphatic rings. The van der Waals surface area contributed by atoms with Crippen LogP contribution in [-0.2, 0) is 16.1 Å². The molecule has 0 radical (unpaired) electrons. The highest BCUT2D eigenvalue weighted by Crippen LogP contribution is 2.19. The van der Waals surface area contributed by atoms with Gasteiger partial charge in [-0.3, -0.25) is 4.79 Å². The van der Waals surface area contributed by atoms with Crippen molar-refractivity contribution in [3.8, 4) is 6.07 Å². The third-order valence-electron chi connectivity index (χ3n) is 3.07. The molecular weight excluding hydrogens is 228 g/mol. The van der Waals surface area contributed by atoms with Gasteiger partial charge in [-0.15, -0.1) is 0 Å². The molecular formula is C14H16N2O2. The molecule has 2 rings (SSSR count). The number of ether oxygens (including phenoxy) is 1. The Morgan fingerprint density at radius 3 is 2.72 bits per heavy atom. The van der Waals surface area contributed by atoms with Crippen molar-refractivity contribution in [3.05, 3.63) is 35.4 Å². The Kier molecular flexibility index (Phi) is 3.96. The summed E-state index contributed by atoms with van der Waals surface area (Å²) in [6, 6.07) is 9.24. The van der Waals surface area contributed by atoms with Gasteiger partial charge in [-0.25, -0.2) is 0 Å². The van der Waals surface area contributed by atoms with Gasteiger partial charge < -0.3 is 10.1 Å². The smallest absolute Gasteiger partial charge is 0.249 e. The average Bonchev–Trinajstić information content (AvgIpc) is 2.83. The summed E-state index contributed by atoms with van der Waals surface area (Å²) >= 11 is 0. The predicted molar refractivity (Wildman–Crippen MR) is 66.6 cm³/mol. The summed E-state index contributed by atoms with van der Waals surface area (Å²) in [7, 11) is 0. The predicted octanol–water partition coefficient (Wildman–Crippen LogP) is 1.74. The number of nitrogens with zero attached hydrogens (tertiary/aromatic N) is 1. The Bertz CT molecular complexity index is 462. The molecule has 1 saturated heterocycles. The van der Waals surface area contributed by atoms with Gasteiger partial charge in [-0.2, -0.15) is 5.26 Å². The number of nitriles is 1. The SMILES string of the molecule is CC1CCC(C(=O)NCc2ccc(C#N)cc2)O1. The highest BCUT2D eigenvalue weighted by Gasteiger charge is 2.27. The van der Waals surface area contributed by atoms with Crippen molar-refractivity contribution >= 4 is 5.91 Å². The summed E-state index contributed by atoms with van der Waals surface area (Å²) in [5.74, 6) is -0.0521. The van der Waals surface area contributed by atoms with Crippen LogP contribution in [0.3, 0.4) is 0 Å². The standard InChI is InChI=1S/C14H16N2O2/c1-10-2-7-13(18-10)14(17)16-9-12-5-3-11(8-15)4-6-12/h3-6,10,13H,2,7,9H2,1H3,(H,16,17). The monoisotopic (exact) mass is 244 g/mol. The van der Waals surface area contributed by atoms with Crippen LogP contribution in [0, 0.1) is 11.3 Å². The molecule has 0 saturated carbocycles. The third kappa shape index (κ3) is 3.08. The molecule has 1 N–H and O–H groups in total. The van der Waals surface area contributed by atoms with Gasteiger partial charge in [0, 0.05) is 6.54 Å². The number of nitrogens with one attached hydrogen (secondary N) is 1. The van der Waals surface area contributed by atoms with E-state index in [2.05, 4.69) is 11.4 Å². The zero-order valence-corrected chi connectivity index (χ0v) is 10.3. The molecule has 18 heavy (non-hydrogen) atoms. The van der Waals surface area contributed by atoms with Gasteiger partial charge in [0.15, 0.2) is 0 Å². The van der Waals surface area contributed by atoms with Crippen LogP contribution < -0.4 is 5.32 Å². The van der Waals surface area contributed by atoms with Crippen LogP contribution >= 0.6 is 0 Å². The highest BCUT2D eigenvalue weighted by molar-refractivity contribution is 5.81. The van der Waals surface area contributed by atoms with E-state index in [0.29, 0.717) is 12.1 Å². The first kappa shape index (κ1) is 12.6. The lowest BCUT2D eigenvalue weighted by Crippen LogP contribution is -2.34. The van der Waals surface area contributed by atoms with E-state index in [1.807, 2.05) is 19.1 Å². The van der Waals surface area contributed by atoms with Crippen molar-refractivity contribution in [2.75, 3.05) is 0 Å². The van der Waals surface area contributed by atoms with Gasteiger partial charge in [-0.1, -0.05) is 12.1 Å². The molecule has 1 aromatic rings. The minimum Gasteiger partial charge on any atom is -0.365 e. The molecule has 1 amide bonds. The number of amides is 1. The lowest BCUT2D eigenvalue weighted by Gasteiger charge is -2.11. The van der Waals surface area contributed by atoms with E-state index >= 15 is 0 Å². The molecule has 0 aliphatic carbocycles. The van der Waals surface area contributed by atoms with Gasteiger partial charge in [0.2, 0.25) is 5.91 Å². The molecule has 0 aromatic heterocycles. The fourth-order valence-corrected chi connectivity index (χ4v) is 2.00. The van der Waals surface area contributed by atoms with Crippen molar-refractivity contribution in [1.82, 2.24) is 5.32 Å². The van der Waals surface area contributed by atoms with Crippen LogP contribution in [-0.4, -0.2) is 18.1 Å². The molecule has 2 unspecified atom stereocenters. The van der Waals surface area contributed by atoms with Crippen molar-refractivity contribution in [1.29, 1.82) is 5.26 Å². The molecule has 0 spiro atoms. The fraction of sp³-hybridized carbons (Fsp3) is 0.429. The summed E-state index contributed by atoms with van der Waals surface area (Å²) in [5.41, 5.74) is 1.60. The van der Waals surface area contributed by atoms with Gasteiger partial charge >= 0.3 is 0 Å². The van der Waals surface area contributed by atoms with Crippen molar-refractivity contribution < 1.29 is 9.53 Å². The summed E-state index contributed by atoms with van der Waals surface area (Å²) in [5, 5.41) is 11.5. The van der Waals surface area contributed by atoms with E-state index < -0.39 is 0 Å². The number of benzene rings is 1. The fourth-order valence-electron chi connectivity index (χ4n) is 2.00. The molecule has 1 heterocycles. The van der Waals surface area contributed by atoms with Gasteiger partial charge in [0.25, 0.3) is 0 Å². The third-order valence-corrected chi connectivity index (χ3v) is 3.07. The zero-order valence-electron chi connectivity index (χ0n) is 10.3. The molecule has 1 aromatic carbocycles. The number of carbonyl (C=O) groups excluding carboxylic acids is 1. The molecule has 4 heteroatoms. The number of hydrogen-bond acceptors (Lipinski definition) is 3. The Morgan fingerprint density at radius 1 is 1.44 bits per heavy atom. The second kappa shape index (κ2) is 5.65. The van der Waals surface area contributed by atoms with E-state index in [1.165, 1.54) is 0 Å². The molecule has 4 nitrogen and oxygen atoms in total. The maximum absolute atomic E-state index is 11.8. The van der Waals surface area contributed by atoms with Crippen molar-refractivity contribution in [2.45, 2.75) is 38.5 Å². The van der Waals surface area contributed by atoms with Gasteiger partial charge in [-0.05, 0) is 37.5 Å². The van der Waals surface area contributed by atoms with E-state index in [-0.39, 0.29) is 18.1 Å². The van der Waals surface area contributed by atoms with Crippen LogP contribution in [0.5, 0.6) is 0 Å². The Labute approximate surface area is 107 Å². The highest BCUT2D eigenvalue weighted by atomic mass is 16.5. The van der Waals surface area contributed by atoms with Crippen LogP contribution in [0.15, 0.2) is 24.3 Å². The summed E-state index contributed by atoms with van der Waals surface area (Å²) in [6.45, 7) is 2.45. The quantitative estimate of drug-likeness (QED) is 0.881. The first-order chi connectivity index (χ1) is 8.69. The largest absolute Gasteiger partial charge is 0.365 e. The molecule has 94 valence electrons. The molecule has 1 aliphatic heterocycles. The maximum atomic E-state index is 11.8. The number of hydrogen-bond donors (Lipinski definition) is 1. The van der Waals surface area contributed by atoms with Gasteiger partial charge in [0.1, 0.15) is 6.10 Å². The first-order valence-electron chi connectivity index (χ1n) is 6.11. The van der Waals surface area contributed by atoms with Gasteiger partial charge in [0.05, 0.1) is 17.7 Å². The first-order valence-corrected chi connectivity index (χ1v) is 6.11. The van der Waals surface area contributed by atoms with E-state index in [9.17, 15) is 4.79 Å². The molecule has 2 atom stereocenters. The normalized spacial score (nSPS) is 22.4. The second-order valence-corrected chi connectivity index (χ2v) is 4.54. The van der Waals surface area contributed by atoms with Crippen LogP contribution in [0.25, 0.3) is 0 Å². The summed E-state index contributed by atoms with van der Waals surface area (Å²) in [6.07, 6.45) is 1.60. The van der Waals surface area contributed by atoms with Crippen molar-refractivity contribution in [3.63, 3.8) is 0 Å². The minimum absolute atomic E-state index is 0.0521.